The van der Waals surface area contributed by atoms with Crippen LogP contribution in [0.25, 0.3) is 22.3 Å². The van der Waals surface area contributed by atoms with Gasteiger partial charge in [-0.25, -0.2) is 24.1 Å². The summed E-state index contributed by atoms with van der Waals surface area (Å²) in [7, 11) is 0. The zero-order chi connectivity index (χ0) is 24.4. The molecule has 2 aliphatic rings. The average molecular weight is 493 g/mol. The summed E-state index contributed by atoms with van der Waals surface area (Å²) in [6.45, 7) is 5.40. The maximum absolute atomic E-state index is 14.9. The van der Waals surface area contributed by atoms with Gasteiger partial charge >= 0.3 is 6.09 Å². The molecule has 2 atom stereocenters. The molecule has 2 fully saturated rings. The molecule has 4 heterocycles. The number of halogens is 2. The van der Waals surface area contributed by atoms with Gasteiger partial charge in [0, 0.05) is 18.2 Å². The third-order valence-corrected chi connectivity index (χ3v) is 5.73. The number of nitrogens with two attached hydrogens (primary N) is 1. The van der Waals surface area contributed by atoms with E-state index in [1.165, 1.54) is 12.3 Å². The Balaban J connectivity index is 0.000000336. The number of alkyl carbamates (subject to hydrolysis) is 1. The summed E-state index contributed by atoms with van der Waals surface area (Å²) >= 11 is 6.17. The van der Waals surface area contributed by atoms with Crippen LogP contribution in [-0.4, -0.2) is 56.6 Å². The lowest BCUT2D eigenvalue weighted by Crippen LogP contribution is -2.22. The Morgan fingerprint density at radius 2 is 2.12 bits per heavy atom. The van der Waals surface area contributed by atoms with Crippen LogP contribution in [0, 0.1) is 5.82 Å². The Labute approximate surface area is 200 Å². The molecule has 0 radical (unpaired) electrons. The number of ether oxygens (including phenoxy) is 2. The van der Waals surface area contributed by atoms with Gasteiger partial charge in [-0.3, -0.25) is 0 Å². The Kier molecular flexibility index (Phi) is 7.15. The van der Waals surface area contributed by atoms with E-state index >= 15 is 0 Å². The maximum atomic E-state index is 14.9. The number of carbonyl (C=O) groups excluding carboxylic acids is 1. The van der Waals surface area contributed by atoms with Gasteiger partial charge in [0.05, 0.1) is 35.1 Å². The molecule has 2 aliphatic heterocycles. The van der Waals surface area contributed by atoms with E-state index in [0.29, 0.717) is 29.2 Å². The largest absolute Gasteiger partial charge is 0.447 e. The summed E-state index contributed by atoms with van der Waals surface area (Å²) < 4.78 is 26.6. The minimum absolute atomic E-state index is 0.0388. The molecule has 5 rings (SSSR count). The minimum atomic E-state index is -0.526. The molecule has 2 saturated heterocycles. The normalized spacial score (nSPS) is 20.1. The van der Waals surface area contributed by atoms with E-state index in [0.717, 1.165) is 19.4 Å². The predicted octanol–water partition coefficient (Wildman–Crippen LogP) is 3.39. The van der Waals surface area contributed by atoms with Crippen molar-refractivity contribution >= 4 is 34.7 Å². The molecule has 3 aromatic rings. The average Bonchev–Trinajstić information content (AvgIpc) is 3.40. The summed E-state index contributed by atoms with van der Waals surface area (Å²) in [5.41, 5.74) is 7.19. The van der Waals surface area contributed by atoms with Crippen molar-refractivity contribution in [1.29, 1.82) is 0 Å². The highest BCUT2D eigenvalue weighted by molar-refractivity contribution is 6.33. The van der Waals surface area contributed by atoms with Gasteiger partial charge in [0.25, 0.3) is 0 Å². The number of hydrogen-bond acceptors (Lipinski definition) is 8. The zero-order valence-electron chi connectivity index (χ0n) is 18.8. The van der Waals surface area contributed by atoms with Crippen LogP contribution < -0.4 is 11.1 Å². The lowest BCUT2D eigenvalue weighted by molar-refractivity contribution is -0.00535. The van der Waals surface area contributed by atoms with E-state index in [-0.39, 0.29) is 35.2 Å². The van der Waals surface area contributed by atoms with Crippen molar-refractivity contribution in [1.82, 2.24) is 24.8 Å². The van der Waals surface area contributed by atoms with Crippen LogP contribution >= 0.6 is 11.6 Å². The van der Waals surface area contributed by atoms with Crippen molar-refractivity contribution in [2.24, 2.45) is 0 Å². The second-order valence-electron chi connectivity index (χ2n) is 8.35. The molecule has 0 saturated carbocycles. The van der Waals surface area contributed by atoms with Gasteiger partial charge in [0.15, 0.2) is 5.82 Å². The van der Waals surface area contributed by atoms with E-state index in [1.807, 2.05) is 18.4 Å². The van der Waals surface area contributed by atoms with Crippen LogP contribution in [0.15, 0.2) is 18.3 Å². The summed E-state index contributed by atoms with van der Waals surface area (Å²) in [5.74, 6) is 0.0376. The highest BCUT2D eigenvalue weighted by Gasteiger charge is 2.30. The maximum Gasteiger partial charge on any atom is 0.407 e. The number of imidazole rings is 1. The number of nitrogen functional groups attached to an aromatic ring is 1. The van der Waals surface area contributed by atoms with E-state index in [4.69, 9.17) is 31.9 Å². The Hall–Kier alpha value is -3.02. The van der Waals surface area contributed by atoms with Crippen LogP contribution in [0.1, 0.15) is 44.6 Å². The molecular formula is C22H26ClFN6O4. The number of aliphatic hydroxyl groups excluding tert-OH is 1. The lowest BCUT2D eigenvalue weighted by atomic mass is 10.1. The van der Waals surface area contributed by atoms with Crippen LogP contribution in [0.5, 0.6) is 0 Å². The zero-order valence-corrected chi connectivity index (χ0v) is 19.5. The standard InChI is InChI=1S/C17H16ClFN6O2.C5H10O2/c1-7(2)25-12-4-8(13-9(18)5-21-16(20)24-13)3-10(19)14(12)23-15(25)11-6-27-17(26)22-11;6-5-2-1-3-7-4-5/h3-5,7,11H,6H2,1-2H3,(H,22,26)(H2,20,21,24);5-6H,1-4H2. The number of fused-ring (bicyclic) bond motifs is 1. The summed E-state index contributed by atoms with van der Waals surface area (Å²) in [5, 5.41) is 11.7. The number of benzene rings is 1. The number of anilines is 1. The van der Waals surface area contributed by atoms with Crippen LogP contribution in [-0.2, 0) is 9.47 Å². The van der Waals surface area contributed by atoms with Crippen molar-refractivity contribution in [3.63, 3.8) is 0 Å². The summed E-state index contributed by atoms with van der Waals surface area (Å²) in [4.78, 5) is 23.8. The van der Waals surface area contributed by atoms with Gasteiger partial charge in [0.1, 0.15) is 24.0 Å². The van der Waals surface area contributed by atoms with Crippen LogP contribution in [0.3, 0.4) is 0 Å². The third kappa shape index (κ3) is 5.06. The molecule has 0 spiro atoms. The first-order valence-corrected chi connectivity index (χ1v) is 11.3. The van der Waals surface area contributed by atoms with Gasteiger partial charge in [-0.05, 0) is 38.8 Å². The van der Waals surface area contributed by atoms with Crippen molar-refractivity contribution in [2.45, 2.75) is 44.9 Å². The second-order valence-corrected chi connectivity index (χ2v) is 8.76. The Morgan fingerprint density at radius 3 is 2.71 bits per heavy atom. The monoisotopic (exact) mass is 492 g/mol. The number of carbonyl (C=O) groups is 1. The minimum Gasteiger partial charge on any atom is -0.447 e. The van der Waals surface area contributed by atoms with Crippen molar-refractivity contribution in [3.8, 4) is 11.3 Å². The number of cyclic esters (lactones) is 1. The molecule has 0 bridgehead atoms. The quantitative estimate of drug-likeness (QED) is 0.506. The first-order chi connectivity index (χ1) is 16.2. The fraction of sp³-hybridized carbons (Fsp3) is 0.455. The lowest BCUT2D eigenvalue weighted by Gasteiger charge is -2.16. The number of amides is 1. The Morgan fingerprint density at radius 1 is 1.32 bits per heavy atom. The fourth-order valence-electron chi connectivity index (χ4n) is 3.93. The first kappa shape index (κ1) is 24.1. The number of aromatic nitrogens is 4. The summed E-state index contributed by atoms with van der Waals surface area (Å²) in [6, 6.07) is 2.57. The van der Waals surface area contributed by atoms with Gasteiger partial charge in [0.2, 0.25) is 5.95 Å². The Bertz CT molecular complexity index is 1200. The number of aliphatic hydroxyl groups is 1. The third-order valence-electron chi connectivity index (χ3n) is 5.45. The predicted molar refractivity (Wildman–Crippen MR) is 124 cm³/mol. The molecule has 4 N–H and O–H groups in total. The van der Waals surface area contributed by atoms with Gasteiger partial charge < -0.3 is 30.2 Å². The molecule has 1 amide bonds. The van der Waals surface area contributed by atoms with Crippen molar-refractivity contribution in [2.75, 3.05) is 25.6 Å². The topological polar surface area (TPSA) is 137 Å². The molecule has 182 valence electrons. The van der Waals surface area contributed by atoms with Gasteiger partial charge in [-0.15, -0.1) is 0 Å². The molecule has 2 unspecified atom stereocenters. The fourth-order valence-corrected chi connectivity index (χ4v) is 4.13. The number of nitrogens with one attached hydrogen (secondary N) is 1. The summed E-state index contributed by atoms with van der Waals surface area (Å²) in [6.07, 6.45) is 2.60. The van der Waals surface area contributed by atoms with Gasteiger partial charge in [-0.1, -0.05) is 11.6 Å². The van der Waals surface area contributed by atoms with E-state index < -0.39 is 18.0 Å². The molecule has 10 nitrogen and oxygen atoms in total. The number of hydrogen-bond donors (Lipinski definition) is 3. The van der Waals surface area contributed by atoms with Crippen molar-refractivity contribution in [3.05, 3.63) is 35.0 Å². The molecule has 0 aliphatic carbocycles. The molecule has 12 heteroatoms. The van der Waals surface area contributed by atoms with Gasteiger partial charge in [-0.2, -0.15) is 0 Å². The SMILES string of the molecule is CC(C)n1c(C2COC(=O)N2)nc2c(F)cc(-c3nc(N)ncc3Cl)cc21.OC1CCCOC1. The molecule has 34 heavy (non-hydrogen) atoms. The van der Waals surface area contributed by atoms with E-state index in [9.17, 15) is 9.18 Å². The van der Waals surface area contributed by atoms with E-state index in [2.05, 4.69) is 20.3 Å². The smallest absolute Gasteiger partial charge is 0.407 e. The first-order valence-electron chi connectivity index (χ1n) is 10.9. The van der Waals surface area contributed by atoms with Crippen molar-refractivity contribution < 1.29 is 23.8 Å². The molecule has 1 aromatic carbocycles. The second kappa shape index (κ2) is 10.1. The van der Waals surface area contributed by atoms with Crippen LogP contribution in [0.4, 0.5) is 15.1 Å². The number of rotatable bonds is 3. The number of nitrogens with zero attached hydrogens (tertiary/aromatic N) is 4. The van der Waals surface area contributed by atoms with E-state index in [1.54, 1.807) is 6.07 Å². The van der Waals surface area contributed by atoms with Crippen LogP contribution in [0.2, 0.25) is 5.02 Å². The molecular weight excluding hydrogens is 467 g/mol. The highest BCUT2D eigenvalue weighted by Crippen LogP contribution is 2.34. The molecule has 2 aromatic heterocycles. The highest BCUT2D eigenvalue weighted by atomic mass is 35.5.